The number of imidazole rings is 1. The van der Waals surface area contributed by atoms with Crippen molar-refractivity contribution in [1.29, 1.82) is 0 Å². The third-order valence-corrected chi connectivity index (χ3v) is 12.4. The van der Waals surface area contributed by atoms with E-state index in [-0.39, 0.29) is 0 Å². The van der Waals surface area contributed by atoms with Gasteiger partial charge in [-0.2, -0.15) is 0 Å². The van der Waals surface area contributed by atoms with Gasteiger partial charge in [-0.3, -0.25) is 0 Å². The number of aromatic amines is 1. The van der Waals surface area contributed by atoms with Crippen molar-refractivity contribution in [2.75, 3.05) is 0 Å². The number of aromatic nitrogens is 2. The fourth-order valence-electron chi connectivity index (χ4n) is 6.16. The van der Waals surface area contributed by atoms with Crippen LogP contribution in [0.15, 0.2) is 12.4 Å². The highest BCUT2D eigenvalue weighted by Gasteiger charge is 2.47. The average molecular weight is 835 g/mol. The van der Waals surface area contributed by atoms with Crippen molar-refractivity contribution < 1.29 is 65.9 Å². The number of hydrogen-bond donors (Lipinski definition) is 1. The predicted octanol–water partition coefficient (Wildman–Crippen LogP) is 11.1. The molecule has 3 aromatic carbocycles. The van der Waals surface area contributed by atoms with Gasteiger partial charge in [-0.25, -0.2) is 70.8 Å². The standard InChI is InChI=1S/C20H38N2.3C6F5.Al/c1-2-3-4-5-6-7-8-9-10-11-12-13-14-15-16-17-20-21-18-19-22-20;3*7-2-1-3(8)5(10)6(11)4(2)9;/h18-19H,2-17H2,1H3,(H,21,22);;;;. The van der Waals surface area contributed by atoms with Gasteiger partial charge in [0, 0.05) is 18.8 Å². The molecule has 0 saturated carbocycles. The van der Waals surface area contributed by atoms with Gasteiger partial charge in [-0.1, -0.05) is 96.8 Å². The van der Waals surface area contributed by atoms with Crippen molar-refractivity contribution in [2.45, 2.75) is 110 Å². The Morgan fingerprint density at radius 3 is 0.875 bits per heavy atom. The van der Waals surface area contributed by atoms with Crippen molar-refractivity contribution in [2.24, 2.45) is 0 Å². The molecule has 0 unspecified atom stereocenters. The highest BCUT2D eigenvalue weighted by Crippen LogP contribution is 2.24. The van der Waals surface area contributed by atoms with Gasteiger partial charge >= 0.3 is 14.1 Å². The van der Waals surface area contributed by atoms with Gasteiger partial charge in [0.2, 0.25) is 0 Å². The molecular weight excluding hydrogens is 796 g/mol. The first-order valence-electron chi connectivity index (χ1n) is 18.1. The molecule has 0 spiro atoms. The Morgan fingerprint density at radius 1 is 0.375 bits per heavy atom. The SMILES string of the molecule is CCCCCCCCCCCCCCCCCc1ncc[nH]1.Fc1c(F)c(F)[c]([Al]([c]2c(F)c(F)c(F)c(F)c2F)[c]2c(F)c(F)c(F)c(F)c2F)c(F)c1F. The Hall–Kier alpha value is -3.65. The molecule has 56 heavy (non-hydrogen) atoms. The monoisotopic (exact) mass is 834 g/mol. The summed E-state index contributed by atoms with van der Waals surface area (Å²) in [5.41, 5.74) is 0. The molecule has 4 rings (SSSR count). The zero-order chi connectivity index (χ0) is 41.7. The molecule has 0 saturated heterocycles. The minimum Gasteiger partial charge on any atom is -0.349 e. The summed E-state index contributed by atoms with van der Waals surface area (Å²) in [4.78, 5) is 7.44. The second-order valence-corrected chi connectivity index (χ2v) is 15.7. The van der Waals surface area contributed by atoms with Gasteiger partial charge in [0.05, 0.1) is 0 Å². The van der Waals surface area contributed by atoms with E-state index >= 15 is 0 Å². The summed E-state index contributed by atoms with van der Waals surface area (Å²) in [6.45, 7) is 2.29. The van der Waals surface area contributed by atoms with Crippen LogP contribution in [0, 0.1) is 87.3 Å². The molecule has 0 amide bonds. The molecule has 0 aliphatic carbocycles. The third-order valence-electron chi connectivity index (χ3n) is 9.17. The number of unbranched alkanes of at least 4 members (excludes halogenated alkanes) is 14. The number of rotatable bonds is 19. The highest BCUT2D eigenvalue weighted by molar-refractivity contribution is 6.95. The van der Waals surface area contributed by atoms with Crippen LogP contribution in [-0.2, 0) is 6.42 Å². The molecule has 1 heterocycles. The van der Waals surface area contributed by atoms with Crippen LogP contribution in [-0.4, -0.2) is 24.1 Å². The number of aryl methyl sites for hydroxylation is 1. The number of nitrogens with zero attached hydrogens (tertiary/aromatic N) is 1. The fourth-order valence-corrected chi connectivity index (χ4v) is 9.30. The molecule has 0 aliphatic rings. The first-order valence-corrected chi connectivity index (χ1v) is 19.8. The van der Waals surface area contributed by atoms with Crippen LogP contribution >= 0.6 is 0 Å². The van der Waals surface area contributed by atoms with E-state index in [1.54, 1.807) is 0 Å². The van der Waals surface area contributed by atoms with E-state index < -0.39 is 115 Å². The Morgan fingerprint density at radius 2 is 0.625 bits per heavy atom. The smallest absolute Gasteiger partial charge is 0.349 e. The van der Waals surface area contributed by atoms with E-state index in [9.17, 15) is 65.9 Å². The second kappa shape index (κ2) is 22.3. The Kier molecular flexibility index (Phi) is 18.6. The first-order chi connectivity index (χ1) is 26.6. The number of benzene rings is 3. The molecule has 0 bridgehead atoms. The number of hydrogen-bond acceptors (Lipinski definition) is 1. The first kappa shape index (κ1) is 46.7. The van der Waals surface area contributed by atoms with Crippen LogP contribution in [0.5, 0.6) is 0 Å². The molecule has 4 aromatic rings. The molecule has 0 atom stereocenters. The number of halogens is 15. The molecule has 1 aromatic heterocycles. The lowest BCUT2D eigenvalue weighted by atomic mass is 10.0. The van der Waals surface area contributed by atoms with Crippen LogP contribution in [0.1, 0.15) is 109 Å². The van der Waals surface area contributed by atoms with E-state index in [1.165, 1.54) is 96.3 Å². The number of nitrogens with one attached hydrogen (secondary N) is 1. The van der Waals surface area contributed by atoms with Crippen LogP contribution in [0.25, 0.3) is 0 Å². The number of H-pyrrole nitrogens is 1. The van der Waals surface area contributed by atoms with Gasteiger partial charge < -0.3 is 4.98 Å². The van der Waals surface area contributed by atoms with E-state index in [1.807, 2.05) is 12.4 Å². The summed E-state index contributed by atoms with van der Waals surface area (Å²) in [5.74, 6) is -43.4. The summed E-state index contributed by atoms with van der Waals surface area (Å²) >= 11 is -5.96. The second-order valence-electron chi connectivity index (χ2n) is 13.1. The molecule has 0 aliphatic heterocycles. The molecule has 308 valence electrons. The third kappa shape index (κ3) is 11.3. The topological polar surface area (TPSA) is 28.7 Å². The molecule has 1 N–H and O–H groups in total. The lowest BCUT2D eigenvalue weighted by Crippen LogP contribution is -2.60. The highest BCUT2D eigenvalue weighted by atomic mass is 27.2. The quantitative estimate of drug-likeness (QED) is 0.0329. The van der Waals surface area contributed by atoms with Crippen LogP contribution in [0.4, 0.5) is 65.9 Å². The predicted molar refractivity (Wildman–Crippen MR) is 181 cm³/mol. The minimum atomic E-state index is -5.96. The molecule has 0 radical (unpaired) electrons. The Balaban J connectivity index is 0.000000331. The maximum Gasteiger partial charge on any atom is 0.413 e. The van der Waals surface area contributed by atoms with Crippen molar-refractivity contribution >= 4 is 27.4 Å². The lowest BCUT2D eigenvalue weighted by Gasteiger charge is -2.20. The molecule has 0 fully saturated rings. The Labute approximate surface area is 317 Å². The molecule has 2 nitrogen and oxygen atoms in total. The fraction of sp³-hybridized carbons (Fsp3) is 0.447. The van der Waals surface area contributed by atoms with Crippen molar-refractivity contribution in [3.8, 4) is 0 Å². The normalized spacial score (nSPS) is 11.3. The maximum atomic E-state index is 14.4. The lowest BCUT2D eigenvalue weighted by molar-refractivity contribution is 0.380. The minimum absolute atomic E-state index is 1.12. The van der Waals surface area contributed by atoms with Gasteiger partial charge in [-0.15, -0.1) is 0 Å². The van der Waals surface area contributed by atoms with Gasteiger partial charge in [0.25, 0.3) is 0 Å². The van der Waals surface area contributed by atoms with Crippen molar-refractivity contribution in [1.82, 2.24) is 9.97 Å². The van der Waals surface area contributed by atoms with Crippen molar-refractivity contribution in [3.63, 3.8) is 0 Å². The summed E-state index contributed by atoms with van der Waals surface area (Å²) in [6.07, 6.45) is 26.3. The zero-order valence-electron chi connectivity index (χ0n) is 30.2. The molecule has 18 heteroatoms. The summed E-state index contributed by atoms with van der Waals surface area (Å²) in [7, 11) is 0. The summed E-state index contributed by atoms with van der Waals surface area (Å²) in [5, 5.41) is 0. The van der Waals surface area contributed by atoms with E-state index in [0.717, 1.165) is 12.2 Å². The van der Waals surface area contributed by atoms with Crippen LogP contribution in [0.2, 0.25) is 0 Å². The van der Waals surface area contributed by atoms with E-state index in [0.29, 0.717) is 0 Å². The van der Waals surface area contributed by atoms with Gasteiger partial charge in [0.15, 0.2) is 87.3 Å². The average Bonchev–Trinajstić information content (AvgIpc) is 3.71. The van der Waals surface area contributed by atoms with Crippen LogP contribution in [0.3, 0.4) is 0 Å². The largest absolute Gasteiger partial charge is 0.413 e. The van der Waals surface area contributed by atoms with E-state index in [2.05, 4.69) is 16.9 Å². The van der Waals surface area contributed by atoms with E-state index in [4.69, 9.17) is 0 Å². The van der Waals surface area contributed by atoms with Gasteiger partial charge in [-0.05, 0) is 19.7 Å². The molecular formula is C38H38AlF15N2. The Bertz CT molecular complexity index is 1650. The van der Waals surface area contributed by atoms with Crippen LogP contribution < -0.4 is 13.3 Å². The maximum absolute atomic E-state index is 14.4. The van der Waals surface area contributed by atoms with Gasteiger partial charge in [0.1, 0.15) is 5.82 Å². The zero-order valence-corrected chi connectivity index (χ0v) is 31.3. The summed E-state index contributed by atoms with van der Waals surface area (Å²) in [6, 6.07) is 0. The summed E-state index contributed by atoms with van der Waals surface area (Å²) < 4.78 is 201. The van der Waals surface area contributed by atoms with Crippen molar-refractivity contribution in [3.05, 3.63) is 105 Å².